The third-order valence-corrected chi connectivity index (χ3v) is 4.77. The van der Waals surface area contributed by atoms with Gasteiger partial charge in [0.2, 0.25) is 0 Å². The van der Waals surface area contributed by atoms with E-state index < -0.39 is 0 Å². The van der Waals surface area contributed by atoms with Crippen molar-refractivity contribution in [3.05, 3.63) is 35.7 Å². The number of rotatable bonds is 3. The Morgan fingerprint density at radius 2 is 1.70 bits per heavy atom. The minimum absolute atomic E-state index is 0.504. The smallest absolute Gasteiger partial charge is 0.135 e. The van der Waals surface area contributed by atoms with Gasteiger partial charge in [-0.15, -0.1) is 0 Å². The van der Waals surface area contributed by atoms with Crippen LogP contribution in [0.5, 0.6) is 0 Å². The second-order valence-electron chi connectivity index (χ2n) is 6.25. The van der Waals surface area contributed by atoms with Crippen LogP contribution in [0.15, 0.2) is 18.7 Å². The van der Waals surface area contributed by atoms with Crippen LogP contribution in [0, 0.1) is 20.8 Å². The summed E-state index contributed by atoms with van der Waals surface area (Å²) in [5.41, 5.74) is 3.25. The molecule has 0 unspecified atom stereocenters. The lowest BCUT2D eigenvalue weighted by Crippen LogP contribution is -2.44. The zero-order chi connectivity index (χ0) is 16.4. The van der Waals surface area contributed by atoms with Crippen molar-refractivity contribution in [2.75, 3.05) is 29.9 Å². The summed E-state index contributed by atoms with van der Waals surface area (Å²) in [7, 11) is 2.13. The van der Waals surface area contributed by atoms with E-state index in [0.717, 1.165) is 49.0 Å². The lowest BCUT2D eigenvalue weighted by atomic mass is 10.0. The summed E-state index contributed by atoms with van der Waals surface area (Å²) in [6.07, 6.45) is 5.51. The molecule has 0 amide bonds. The Balaban J connectivity index is 1.67. The number of aryl methyl sites for hydroxylation is 2. The quantitative estimate of drug-likeness (QED) is 0.867. The molecule has 1 fully saturated rings. The lowest BCUT2D eigenvalue weighted by molar-refractivity contribution is 0.477. The van der Waals surface area contributed by atoms with Gasteiger partial charge in [0.05, 0.1) is 0 Å². The summed E-state index contributed by atoms with van der Waals surface area (Å²) < 4.78 is 0. The first kappa shape index (κ1) is 15.6. The zero-order valence-corrected chi connectivity index (χ0v) is 14.3. The molecule has 0 saturated carbocycles. The van der Waals surface area contributed by atoms with Crippen LogP contribution in [0.1, 0.15) is 29.8 Å². The van der Waals surface area contributed by atoms with E-state index >= 15 is 0 Å². The number of hydrogen-bond donors (Lipinski definition) is 0. The number of nitrogens with zero attached hydrogens (tertiary/aromatic N) is 6. The maximum absolute atomic E-state index is 4.48. The summed E-state index contributed by atoms with van der Waals surface area (Å²) in [6.45, 7) is 8.17. The monoisotopic (exact) mass is 312 g/mol. The van der Waals surface area contributed by atoms with Gasteiger partial charge in [0.15, 0.2) is 0 Å². The molecule has 6 heteroatoms. The second-order valence-corrected chi connectivity index (χ2v) is 6.25. The number of aromatic nitrogens is 4. The molecule has 0 N–H and O–H groups in total. The Labute approximate surface area is 137 Å². The zero-order valence-electron chi connectivity index (χ0n) is 14.3. The van der Waals surface area contributed by atoms with E-state index in [0.29, 0.717) is 6.04 Å². The maximum atomic E-state index is 4.48. The van der Waals surface area contributed by atoms with Gasteiger partial charge in [-0.3, -0.25) is 0 Å². The Morgan fingerprint density at radius 3 is 2.39 bits per heavy atom. The molecule has 2 aromatic heterocycles. The predicted molar refractivity (Wildman–Crippen MR) is 91.9 cm³/mol. The molecule has 3 heterocycles. The molecule has 2 aromatic rings. The summed E-state index contributed by atoms with van der Waals surface area (Å²) in [5, 5.41) is 0. The van der Waals surface area contributed by atoms with E-state index in [4.69, 9.17) is 0 Å². The van der Waals surface area contributed by atoms with Gasteiger partial charge in [-0.05, 0) is 33.6 Å². The Bertz CT molecular complexity index is 679. The SMILES string of the molecule is Cc1cc(N(C)C2CCN(c3ncnc(C)c3C)CC2)ncn1. The number of hydrogen-bond acceptors (Lipinski definition) is 6. The van der Waals surface area contributed by atoms with E-state index in [1.54, 1.807) is 12.7 Å². The predicted octanol–water partition coefficient (Wildman–Crippen LogP) is 2.30. The molecule has 6 nitrogen and oxygen atoms in total. The van der Waals surface area contributed by atoms with Crippen molar-refractivity contribution in [3.8, 4) is 0 Å². The molecule has 23 heavy (non-hydrogen) atoms. The molecule has 0 aromatic carbocycles. The van der Waals surface area contributed by atoms with Crippen LogP contribution in [-0.4, -0.2) is 46.1 Å². The second kappa shape index (κ2) is 6.48. The van der Waals surface area contributed by atoms with Crippen LogP contribution < -0.4 is 9.80 Å². The topological polar surface area (TPSA) is 58.0 Å². The molecule has 1 saturated heterocycles. The van der Waals surface area contributed by atoms with Crippen molar-refractivity contribution < 1.29 is 0 Å². The van der Waals surface area contributed by atoms with Gasteiger partial charge in [-0.1, -0.05) is 0 Å². The third-order valence-electron chi connectivity index (χ3n) is 4.77. The van der Waals surface area contributed by atoms with Gasteiger partial charge in [0.1, 0.15) is 24.3 Å². The molecular formula is C17H24N6. The average molecular weight is 312 g/mol. The Kier molecular flexibility index (Phi) is 4.41. The van der Waals surface area contributed by atoms with Crippen molar-refractivity contribution in [3.63, 3.8) is 0 Å². The van der Waals surface area contributed by atoms with Crippen molar-refractivity contribution in [2.24, 2.45) is 0 Å². The van der Waals surface area contributed by atoms with Gasteiger partial charge in [0.25, 0.3) is 0 Å². The van der Waals surface area contributed by atoms with Gasteiger partial charge in [0, 0.05) is 49.2 Å². The summed E-state index contributed by atoms with van der Waals surface area (Å²) in [4.78, 5) is 22.0. The highest BCUT2D eigenvalue weighted by molar-refractivity contribution is 5.48. The highest BCUT2D eigenvalue weighted by Gasteiger charge is 2.25. The normalized spacial score (nSPS) is 15.7. The molecule has 1 aliphatic heterocycles. The fourth-order valence-electron chi connectivity index (χ4n) is 3.13. The fraction of sp³-hybridized carbons (Fsp3) is 0.529. The summed E-state index contributed by atoms with van der Waals surface area (Å²) in [5.74, 6) is 2.08. The van der Waals surface area contributed by atoms with Gasteiger partial charge in [-0.2, -0.15) is 0 Å². The standard InChI is InChI=1S/C17H24N6/c1-12-9-16(20-10-18-12)22(4)15-5-7-23(8-6-15)17-13(2)14(3)19-11-21-17/h9-11,15H,5-8H2,1-4H3. The first-order valence-electron chi connectivity index (χ1n) is 8.11. The average Bonchev–Trinajstić information content (AvgIpc) is 2.57. The Hall–Kier alpha value is -2.24. The van der Waals surface area contributed by atoms with E-state index in [-0.39, 0.29) is 0 Å². The van der Waals surface area contributed by atoms with Gasteiger partial charge >= 0.3 is 0 Å². The van der Waals surface area contributed by atoms with Crippen molar-refractivity contribution in [1.82, 2.24) is 19.9 Å². The summed E-state index contributed by atoms with van der Waals surface area (Å²) >= 11 is 0. The van der Waals surface area contributed by atoms with Gasteiger partial charge < -0.3 is 9.80 Å². The van der Waals surface area contributed by atoms with E-state index in [2.05, 4.69) is 43.7 Å². The number of piperidine rings is 1. The van der Waals surface area contributed by atoms with Crippen LogP contribution in [0.25, 0.3) is 0 Å². The molecule has 0 aliphatic carbocycles. The van der Waals surface area contributed by atoms with Crippen LogP contribution >= 0.6 is 0 Å². The molecule has 0 atom stereocenters. The molecule has 0 radical (unpaired) electrons. The van der Waals surface area contributed by atoms with Crippen molar-refractivity contribution >= 4 is 11.6 Å². The van der Waals surface area contributed by atoms with Crippen LogP contribution in [-0.2, 0) is 0 Å². The molecular weight excluding hydrogens is 288 g/mol. The molecule has 0 spiro atoms. The largest absolute Gasteiger partial charge is 0.356 e. The van der Waals surface area contributed by atoms with E-state index in [1.165, 1.54) is 5.56 Å². The fourth-order valence-corrected chi connectivity index (χ4v) is 3.13. The third kappa shape index (κ3) is 3.25. The Morgan fingerprint density at radius 1 is 1.00 bits per heavy atom. The minimum atomic E-state index is 0.504. The van der Waals surface area contributed by atoms with E-state index in [9.17, 15) is 0 Å². The van der Waals surface area contributed by atoms with Crippen LogP contribution in [0.2, 0.25) is 0 Å². The molecule has 122 valence electrons. The first-order valence-corrected chi connectivity index (χ1v) is 8.11. The first-order chi connectivity index (χ1) is 11.1. The summed E-state index contributed by atoms with van der Waals surface area (Å²) in [6, 6.07) is 2.55. The lowest BCUT2D eigenvalue weighted by Gasteiger charge is -2.38. The highest BCUT2D eigenvalue weighted by atomic mass is 15.2. The molecule has 3 rings (SSSR count). The minimum Gasteiger partial charge on any atom is -0.356 e. The van der Waals surface area contributed by atoms with Crippen molar-refractivity contribution in [2.45, 2.75) is 39.7 Å². The molecule has 1 aliphatic rings. The van der Waals surface area contributed by atoms with E-state index in [1.807, 2.05) is 19.9 Å². The number of anilines is 2. The maximum Gasteiger partial charge on any atom is 0.135 e. The molecule has 0 bridgehead atoms. The highest BCUT2D eigenvalue weighted by Crippen LogP contribution is 2.25. The van der Waals surface area contributed by atoms with Crippen LogP contribution in [0.3, 0.4) is 0 Å². The van der Waals surface area contributed by atoms with Crippen LogP contribution in [0.4, 0.5) is 11.6 Å². The van der Waals surface area contributed by atoms with Gasteiger partial charge in [-0.25, -0.2) is 19.9 Å². The van der Waals surface area contributed by atoms with Crippen molar-refractivity contribution in [1.29, 1.82) is 0 Å².